The normalized spacial score (nSPS) is 12.2. The zero-order valence-corrected chi connectivity index (χ0v) is 16.3. The molecule has 2 aromatic rings. The van der Waals surface area contributed by atoms with Crippen LogP contribution in [0.5, 0.6) is 0 Å². The van der Waals surface area contributed by atoms with E-state index in [1.165, 1.54) is 0 Å². The van der Waals surface area contributed by atoms with Gasteiger partial charge in [0.1, 0.15) is 0 Å². The van der Waals surface area contributed by atoms with Crippen LogP contribution < -0.4 is 5.32 Å². The molecule has 1 amide bonds. The van der Waals surface area contributed by atoms with Crippen LogP contribution in [0, 0.1) is 5.41 Å². The number of aryl methyl sites for hydroxylation is 1. The lowest BCUT2D eigenvalue weighted by Crippen LogP contribution is -2.45. The Hall–Kier alpha value is -1.88. The van der Waals surface area contributed by atoms with Crippen molar-refractivity contribution >= 4 is 17.5 Å². The smallest absolute Gasteiger partial charge is 0.227 e. The van der Waals surface area contributed by atoms with E-state index in [4.69, 9.17) is 16.1 Å². The number of amides is 1. The second kappa shape index (κ2) is 7.56. The zero-order chi connectivity index (χ0) is 18.7. The van der Waals surface area contributed by atoms with Gasteiger partial charge in [-0.1, -0.05) is 37.5 Å². The van der Waals surface area contributed by atoms with Crippen molar-refractivity contribution in [2.24, 2.45) is 5.41 Å². The van der Waals surface area contributed by atoms with Gasteiger partial charge in [0, 0.05) is 29.0 Å². The number of hydrogen-bond acceptors (Lipinski definition) is 4. The molecule has 0 aliphatic carbocycles. The van der Waals surface area contributed by atoms with E-state index in [1.807, 2.05) is 26.0 Å². The van der Waals surface area contributed by atoms with Crippen LogP contribution >= 0.6 is 11.6 Å². The van der Waals surface area contributed by atoms with E-state index < -0.39 is 0 Å². The lowest BCUT2D eigenvalue weighted by atomic mass is 9.82. The summed E-state index contributed by atoms with van der Waals surface area (Å²) in [6.07, 6.45) is 1.63. The van der Waals surface area contributed by atoms with Gasteiger partial charge in [0.25, 0.3) is 0 Å². The van der Waals surface area contributed by atoms with E-state index >= 15 is 0 Å². The molecule has 1 N–H and O–H groups in total. The van der Waals surface area contributed by atoms with Gasteiger partial charge in [0.2, 0.25) is 17.6 Å². The molecule has 6 heteroatoms. The standard InChI is InChI=1S/C19H26ClN3O2/c1-18(2,3)12-19(4,5)22-15(24)10-11-16-21-17(23-25-16)13-6-8-14(20)9-7-13/h6-9H,10-12H2,1-5H3,(H,22,24). The molecule has 25 heavy (non-hydrogen) atoms. The largest absolute Gasteiger partial charge is 0.351 e. The van der Waals surface area contributed by atoms with E-state index in [0.29, 0.717) is 29.6 Å². The third-order valence-corrected chi connectivity index (χ3v) is 3.84. The van der Waals surface area contributed by atoms with E-state index in [1.54, 1.807) is 12.1 Å². The van der Waals surface area contributed by atoms with Crippen molar-refractivity contribution in [1.82, 2.24) is 15.5 Å². The summed E-state index contributed by atoms with van der Waals surface area (Å²) >= 11 is 5.87. The van der Waals surface area contributed by atoms with Crippen molar-refractivity contribution in [2.45, 2.75) is 59.4 Å². The molecule has 0 saturated carbocycles. The first-order valence-electron chi connectivity index (χ1n) is 8.44. The minimum absolute atomic E-state index is 0.0134. The predicted molar refractivity (Wildman–Crippen MR) is 99.4 cm³/mol. The number of hydrogen-bond donors (Lipinski definition) is 1. The summed E-state index contributed by atoms with van der Waals surface area (Å²) in [4.78, 5) is 16.6. The Morgan fingerprint density at radius 3 is 2.40 bits per heavy atom. The molecule has 2 rings (SSSR count). The quantitative estimate of drug-likeness (QED) is 0.810. The summed E-state index contributed by atoms with van der Waals surface area (Å²) in [5, 5.41) is 7.70. The first kappa shape index (κ1) is 19.4. The molecule has 0 saturated heterocycles. The zero-order valence-electron chi connectivity index (χ0n) is 15.5. The van der Waals surface area contributed by atoms with Crippen LogP contribution in [-0.4, -0.2) is 21.6 Å². The minimum Gasteiger partial charge on any atom is -0.351 e. The Morgan fingerprint density at radius 2 is 1.80 bits per heavy atom. The fourth-order valence-corrected chi connectivity index (χ4v) is 3.23. The van der Waals surface area contributed by atoms with Gasteiger partial charge < -0.3 is 9.84 Å². The van der Waals surface area contributed by atoms with E-state index in [9.17, 15) is 4.79 Å². The molecule has 0 radical (unpaired) electrons. The molecule has 1 aromatic carbocycles. The second-order valence-electron chi connectivity index (χ2n) is 8.19. The predicted octanol–water partition coefficient (Wildman–Crippen LogP) is 4.65. The van der Waals surface area contributed by atoms with Crippen LogP contribution in [0.25, 0.3) is 11.4 Å². The molecule has 0 bridgehead atoms. The van der Waals surface area contributed by atoms with Gasteiger partial charge in [0.15, 0.2) is 0 Å². The van der Waals surface area contributed by atoms with Gasteiger partial charge >= 0.3 is 0 Å². The average molecular weight is 364 g/mol. The maximum Gasteiger partial charge on any atom is 0.227 e. The Morgan fingerprint density at radius 1 is 1.16 bits per heavy atom. The summed E-state index contributed by atoms with van der Waals surface area (Å²) in [5.74, 6) is 0.939. The number of rotatable bonds is 6. The van der Waals surface area contributed by atoms with Gasteiger partial charge in [0.05, 0.1) is 0 Å². The maximum absolute atomic E-state index is 12.2. The summed E-state index contributed by atoms with van der Waals surface area (Å²) in [6.45, 7) is 10.6. The summed E-state index contributed by atoms with van der Waals surface area (Å²) in [6, 6.07) is 7.22. The van der Waals surface area contributed by atoms with Crippen molar-refractivity contribution in [2.75, 3.05) is 0 Å². The number of benzene rings is 1. The van der Waals surface area contributed by atoms with Gasteiger partial charge in [-0.05, 0) is 49.9 Å². The first-order chi connectivity index (χ1) is 11.5. The van der Waals surface area contributed by atoms with Gasteiger partial charge in [-0.3, -0.25) is 4.79 Å². The first-order valence-corrected chi connectivity index (χ1v) is 8.81. The lowest BCUT2D eigenvalue weighted by molar-refractivity contribution is -0.123. The molecular weight excluding hydrogens is 338 g/mol. The highest BCUT2D eigenvalue weighted by molar-refractivity contribution is 6.30. The maximum atomic E-state index is 12.2. The van der Waals surface area contributed by atoms with Crippen molar-refractivity contribution in [3.63, 3.8) is 0 Å². The molecule has 1 aromatic heterocycles. The SMILES string of the molecule is CC(C)(C)CC(C)(C)NC(=O)CCc1nc(-c2ccc(Cl)cc2)no1. The third-order valence-electron chi connectivity index (χ3n) is 3.59. The average Bonchev–Trinajstić information content (AvgIpc) is 2.91. The molecule has 0 aliphatic heterocycles. The molecular formula is C19H26ClN3O2. The molecule has 1 heterocycles. The van der Waals surface area contributed by atoms with Crippen molar-refractivity contribution in [3.8, 4) is 11.4 Å². The van der Waals surface area contributed by atoms with Crippen LogP contribution in [0.3, 0.4) is 0 Å². The van der Waals surface area contributed by atoms with E-state index in [-0.39, 0.29) is 16.9 Å². The van der Waals surface area contributed by atoms with Gasteiger partial charge in [-0.25, -0.2) is 0 Å². The molecule has 0 unspecified atom stereocenters. The molecule has 0 aliphatic rings. The molecule has 0 atom stereocenters. The summed E-state index contributed by atoms with van der Waals surface area (Å²) < 4.78 is 5.24. The van der Waals surface area contributed by atoms with Crippen molar-refractivity contribution in [1.29, 1.82) is 0 Å². The highest BCUT2D eigenvalue weighted by atomic mass is 35.5. The summed E-state index contributed by atoms with van der Waals surface area (Å²) in [7, 11) is 0. The number of carbonyl (C=O) groups is 1. The Labute approximate surface area is 154 Å². The van der Waals surface area contributed by atoms with Gasteiger partial charge in [-0.2, -0.15) is 4.98 Å². The van der Waals surface area contributed by atoms with E-state index in [0.717, 1.165) is 12.0 Å². The summed E-state index contributed by atoms with van der Waals surface area (Å²) in [5.41, 5.74) is 0.727. The number of nitrogens with one attached hydrogen (secondary N) is 1. The van der Waals surface area contributed by atoms with Crippen LogP contribution in [0.4, 0.5) is 0 Å². The van der Waals surface area contributed by atoms with Gasteiger partial charge in [-0.15, -0.1) is 0 Å². The topological polar surface area (TPSA) is 68.0 Å². The number of aromatic nitrogens is 2. The molecule has 0 fully saturated rings. The third kappa shape index (κ3) is 6.50. The monoisotopic (exact) mass is 363 g/mol. The number of nitrogens with zero attached hydrogens (tertiary/aromatic N) is 2. The Kier molecular flexibility index (Phi) is 5.88. The lowest BCUT2D eigenvalue weighted by Gasteiger charge is -2.33. The van der Waals surface area contributed by atoms with Crippen LogP contribution in [-0.2, 0) is 11.2 Å². The fourth-order valence-electron chi connectivity index (χ4n) is 3.10. The molecule has 0 spiro atoms. The molecule has 5 nitrogen and oxygen atoms in total. The Bertz CT molecular complexity index is 715. The molecule has 136 valence electrons. The number of carbonyl (C=O) groups excluding carboxylic acids is 1. The second-order valence-corrected chi connectivity index (χ2v) is 8.62. The highest BCUT2D eigenvalue weighted by Crippen LogP contribution is 2.27. The van der Waals surface area contributed by atoms with Crippen molar-refractivity contribution in [3.05, 3.63) is 35.2 Å². The number of halogens is 1. The van der Waals surface area contributed by atoms with E-state index in [2.05, 4.69) is 36.2 Å². The highest BCUT2D eigenvalue weighted by Gasteiger charge is 2.27. The minimum atomic E-state index is -0.251. The van der Waals surface area contributed by atoms with Crippen LogP contribution in [0.2, 0.25) is 5.02 Å². The Balaban J connectivity index is 1.89. The van der Waals surface area contributed by atoms with Crippen LogP contribution in [0.15, 0.2) is 28.8 Å². The fraction of sp³-hybridized carbons (Fsp3) is 0.526. The van der Waals surface area contributed by atoms with Crippen LogP contribution in [0.1, 0.15) is 53.4 Å². The van der Waals surface area contributed by atoms with Crippen molar-refractivity contribution < 1.29 is 9.32 Å².